The lowest BCUT2D eigenvalue weighted by molar-refractivity contribution is 0.518. The number of nitrogens with zero attached hydrogens (tertiary/aromatic N) is 1. The third-order valence-electron chi connectivity index (χ3n) is 2.22. The third kappa shape index (κ3) is 1.94. The second-order valence-electron chi connectivity index (χ2n) is 3.17. The summed E-state index contributed by atoms with van der Waals surface area (Å²) in [6, 6.07) is 2.02. The normalized spacial score (nSPS) is 16.5. The van der Waals surface area contributed by atoms with Crippen molar-refractivity contribution in [3.8, 4) is 0 Å². The zero-order valence-electron chi connectivity index (χ0n) is 7.22. The predicted octanol–water partition coefficient (Wildman–Crippen LogP) is 2.93. The van der Waals surface area contributed by atoms with Crippen molar-refractivity contribution in [2.75, 3.05) is 13.1 Å². The number of nitrogens with one attached hydrogen (secondary N) is 1. The number of hydrogen-bond acceptors (Lipinski definition) is 2. The first-order valence-electron chi connectivity index (χ1n) is 4.35. The molecule has 0 aromatic carbocycles. The summed E-state index contributed by atoms with van der Waals surface area (Å²) < 4.78 is 1.08. The molecule has 1 aliphatic rings. The van der Waals surface area contributed by atoms with Gasteiger partial charge in [0.1, 0.15) is 5.84 Å². The average Bonchev–Trinajstić information content (AvgIpc) is 2.72. The van der Waals surface area contributed by atoms with E-state index in [-0.39, 0.29) is 0 Å². The minimum Gasteiger partial charge on any atom is -0.356 e. The maximum atomic E-state index is 7.96. The summed E-state index contributed by atoms with van der Waals surface area (Å²) in [6.07, 6.45) is 2.46. The van der Waals surface area contributed by atoms with E-state index in [1.165, 1.54) is 12.8 Å². The van der Waals surface area contributed by atoms with E-state index in [9.17, 15) is 0 Å². The fourth-order valence-electron chi connectivity index (χ4n) is 1.53. The second kappa shape index (κ2) is 3.80. The molecule has 2 heterocycles. The van der Waals surface area contributed by atoms with Gasteiger partial charge in [-0.1, -0.05) is 0 Å². The van der Waals surface area contributed by atoms with Gasteiger partial charge in [-0.25, -0.2) is 0 Å². The number of likely N-dealkylation sites (tertiary alicyclic amines) is 1. The molecule has 1 aliphatic heterocycles. The number of thiophene rings is 1. The van der Waals surface area contributed by atoms with Crippen molar-refractivity contribution in [1.82, 2.24) is 4.90 Å². The molecule has 0 radical (unpaired) electrons. The first-order chi connectivity index (χ1) is 6.27. The number of hydrogen-bond donors (Lipinski definition) is 1. The van der Waals surface area contributed by atoms with Crippen LogP contribution in [0.1, 0.15) is 17.7 Å². The van der Waals surface area contributed by atoms with Crippen LogP contribution in [-0.4, -0.2) is 23.8 Å². The Kier molecular flexibility index (Phi) is 2.69. The maximum absolute atomic E-state index is 7.96. The summed E-state index contributed by atoms with van der Waals surface area (Å²) in [5, 5.41) is 9.98. The Bertz CT molecular complexity index is 315. The van der Waals surface area contributed by atoms with Crippen molar-refractivity contribution in [1.29, 1.82) is 5.41 Å². The lowest BCUT2D eigenvalue weighted by atomic mass is 10.4. The van der Waals surface area contributed by atoms with Crippen molar-refractivity contribution in [2.24, 2.45) is 0 Å². The standard InChI is InChI=1S/C9H11BrN2S/c10-7-5-8(13-6-7)9(11)12-3-1-2-4-12/h5-6,11H,1-4H2. The molecular weight excluding hydrogens is 248 g/mol. The fraction of sp³-hybridized carbons (Fsp3) is 0.444. The smallest absolute Gasteiger partial charge is 0.138 e. The van der Waals surface area contributed by atoms with Crippen molar-refractivity contribution in [3.63, 3.8) is 0 Å². The van der Waals surface area contributed by atoms with Gasteiger partial charge in [0, 0.05) is 22.9 Å². The summed E-state index contributed by atoms with van der Waals surface area (Å²) in [6.45, 7) is 2.10. The molecule has 0 aliphatic carbocycles. The van der Waals surface area contributed by atoms with Gasteiger partial charge in [0.05, 0.1) is 4.88 Å². The molecule has 1 aromatic heterocycles. The Morgan fingerprint density at radius 1 is 1.46 bits per heavy atom. The Morgan fingerprint density at radius 2 is 2.15 bits per heavy atom. The molecule has 0 spiro atoms. The van der Waals surface area contributed by atoms with Gasteiger partial charge in [-0.2, -0.15) is 0 Å². The molecule has 2 rings (SSSR count). The van der Waals surface area contributed by atoms with Crippen molar-refractivity contribution >= 4 is 33.1 Å². The summed E-state index contributed by atoms with van der Waals surface area (Å²) in [5.41, 5.74) is 0. The van der Waals surface area contributed by atoms with Crippen LogP contribution in [0.15, 0.2) is 15.9 Å². The highest BCUT2D eigenvalue weighted by molar-refractivity contribution is 9.10. The molecule has 1 aromatic rings. The molecule has 0 bridgehead atoms. The molecule has 2 nitrogen and oxygen atoms in total. The molecule has 0 unspecified atom stereocenters. The van der Waals surface area contributed by atoms with Gasteiger partial charge in [0.2, 0.25) is 0 Å². The van der Waals surface area contributed by atoms with E-state index in [4.69, 9.17) is 5.41 Å². The molecule has 70 valence electrons. The molecule has 0 saturated carbocycles. The van der Waals surface area contributed by atoms with Gasteiger partial charge < -0.3 is 4.90 Å². The van der Waals surface area contributed by atoms with Crippen LogP contribution in [0.3, 0.4) is 0 Å². The number of halogens is 1. The Hall–Kier alpha value is -0.350. The van der Waals surface area contributed by atoms with Gasteiger partial charge in [0.25, 0.3) is 0 Å². The monoisotopic (exact) mass is 258 g/mol. The van der Waals surface area contributed by atoms with Crippen molar-refractivity contribution < 1.29 is 0 Å². The van der Waals surface area contributed by atoms with E-state index in [0.717, 1.165) is 22.4 Å². The Labute approximate surface area is 90.2 Å². The van der Waals surface area contributed by atoms with Crippen LogP contribution in [0.4, 0.5) is 0 Å². The minimum absolute atomic E-state index is 0.688. The number of rotatable bonds is 1. The molecule has 1 saturated heterocycles. The zero-order chi connectivity index (χ0) is 9.26. The lowest BCUT2D eigenvalue weighted by Crippen LogP contribution is -2.26. The van der Waals surface area contributed by atoms with Crippen LogP contribution in [0.2, 0.25) is 0 Å². The molecular formula is C9H11BrN2S. The SMILES string of the molecule is N=C(c1cc(Br)cs1)N1CCCC1. The highest BCUT2D eigenvalue weighted by Gasteiger charge is 2.17. The molecule has 1 N–H and O–H groups in total. The Balaban J connectivity index is 2.12. The fourth-order valence-corrected chi connectivity index (χ4v) is 2.94. The van der Waals surface area contributed by atoms with E-state index in [0.29, 0.717) is 5.84 Å². The van der Waals surface area contributed by atoms with E-state index < -0.39 is 0 Å². The second-order valence-corrected chi connectivity index (χ2v) is 5.00. The van der Waals surface area contributed by atoms with Gasteiger partial charge in [-0.15, -0.1) is 11.3 Å². The van der Waals surface area contributed by atoms with Crippen LogP contribution in [-0.2, 0) is 0 Å². The molecule has 13 heavy (non-hydrogen) atoms. The van der Waals surface area contributed by atoms with Crippen molar-refractivity contribution in [2.45, 2.75) is 12.8 Å². The van der Waals surface area contributed by atoms with Gasteiger partial charge >= 0.3 is 0 Å². The maximum Gasteiger partial charge on any atom is 0.138 e. The average molecular weight is 259 g/mol. The molecule has 4 heteroatoms. The summed E-state index contributed by atoms with van der Waals surface area (Å²) >= 11 is 5.04. The van der Waals surface area contributed by atoms with E-state index in [1.54, 1.807) is 11.3 Å². The highest BCUT2D eigenvalue weighted by Crippen LogP contribution is 2.22. The zero-order valence-corrected chi connectivity index (χ0v) is 9.62. The summed E-state index contributed by atoms with van der Waals surface area (Å²) in [5.74, 6) is 0.688. The van der Waals surface area contributed by atoms with Crippen LogP contribution in [0.25, 0.3) is 0 Å². The first-order valence-corrected chi connectivity index (χ1v) is 6.02. The summed E-state index contributed by atoms with van der Waals surface area (Å²) in [4.78, 5) is 3.21. The topological polar surface area (TPSA) is 27.1 Å². The highest BCUT2D eigenvalue weighted by atomic mass is 79.9. The van der Waals surface area contributed by atoms with E-state index in [1.807, 2.05) is 11.4 Å². The first kappa shape index (κ1) is 9.21. The van der Waals surface area contributed by atoms with Gasteiger partial charge in [-0.3, -0.25) is 5.41 Å². The van der Waals surface area contributed by atoms with Crippen LogP contribution >= 0.6 is 27.3 Å². The van der Waals surface area contributed by atoms with Crippen LogP contribution < -0.4 is 0 Å². The lowest BCUT2D eigenvalue weighted by Gasteiger charge is -2.16. The van der Waals surface area contributed by atoms with E-state index >= 15 is 0 Å². The third-order valence-corrected chi connectivity index (χ3v) is 3.92. The summed E-state index contributed by atoms with van der Waals surface area (Å²) in [7, 11) is 0. The molecule has 1 fully saturated rings. The van der Waals surface area contributed by atoms with Gasteiger partial charge in [-0.05, 0) is 34.8 Å². The van der Waals surface area contributed by atoms with Crippen LogP contribution in [0.5, 0.6) is 0 Å². The number of amidine groups is 1. The predicted molar refractivity (Wildman–Crippen MR) is 59.7 cm³/mol. The molecule has 0 amide bonds. The largest absolute Gasteiger partial charge is 0.356 e. The Morgan fingerprint density at radius 3 is 2.69 bits per heavy atom. The minimum atomic E-state index is 0.688. The quantitative estimate of drug-likeness (QED) is 0.609. The van der Waals surface area contributed by atoms with Crippen molar-refractivity contribution in [3.05, 3.63) is 20.8 Å². The van der Waals surface area contributed by atoms with Crippen LogP contribution in [0, 0.1) is 5.41 Å². The van der Waals surface area contributed by atoms with E-state index in [2.05, 4.69) is 20.8 Å². The molecule has 0 atom stereocenters. The van der Waals surface area contributed by atoms with Gasteiger partial charge in [0.15, 0.2) is 0 Å².